The molecule has 0 saturated carbocycles. The second-order valence-electron chi connectivity index (χ2n) is 4.88. The van der Waals surface area contributed by atoms with Crippen molar-refractivity contribution in [3.05, 3.63) is 62.5 Å². The van der Waals surface area contributed by atoms with Gasteiger partial charge in [-0.2, -0.15) is 0 Å². The number of unbranched alkanes of at least 4 members (excludes halogenated alkanes) is 1. The Balaban J connectivity index is 2.10. The van der Waals surface area contributed by atoms with Crippen LogP contribution in [0.1, 0.15) is 35.7 Å². The summed E-state index contributed by atoms with van der Waals surface area (Å²) in [4.78, 5) is 12.2. The summed E-state index contributed by atoms with van der Waals surface area (Å²) in [5, 5.41) is 2.93. The molecule has 0 saturated heterocycles. The second-order valence-corrected chi connectivity index (χ2v) is 6.65. The van der Waals surface area contributed by atoms with Gasteiger partial charge in [0.05, 0.1) is 5.69 Å². The summed E-state index contributed by atoms with van der Waals surface area (Å²) < 4.78 is 1.81. The molecule has 0 unspecified atom stereocenters. The van der Waals surface area contributed by atoms with Crippen LogP contribution in [0.15, 0.2) is 51.4 Å². The van der Waals surface area contributed by atoms with Gasteiger partial charge in [-0.05, 0) is 64.7 Å². The first-order chi connectivity index (χ1) is 10.1. The van der Waals surface area contributed by atoms with Gasteiger partial charge in [0.15, 0.2) is 0 Å². The van der Waals surface area contributed by atoms with Crippen LogP contribution in [0.5, 0.6) is 0 Å². The highest BCUT2D eigenvalue weighted by Gasteiger charge is 2.09. The van der Waals surface area contributed by atoms with Crippen molar-refractivity contribution >= 4 is 43.5 Å². The summed E-state index contributed by atoms with van der Waals surface area (Å²) in [7, 11) is 0. The van der Waals surface area contributed by atoms with Crippen molar-refractivity contribution in [1.82, 2.24) is 0 Å². The van der Waals surface area contributed by atoms with Crippen LogP contribution >= 0.6 is 31.9 Å². The van der Waals surface area contributed by atoms with Gasteiger partial charge in [0.2, 0.25) is 0 Å². The van der Waals surface area contributed by atoms with Crippen molar-refractivity contribution in [3.8, 4) is 0 Å². The fourth-order valence-corrected chi connectivity index (χ4v) is 2.95. The number of hydrogen-bond donors (Lipinski definition) is 1. The minimum Gasteiger partial charge on any atom is -0.321 e. The summed E-state index contributed by atoms with van der Waals surface area (Å²) in [6.07, 6.45) is 3.42. The third-order valence-electron chi connectivity index (χ3n) is 3.19. The molecule has 110 valence electrons. The van der Waals surface area contributed by atoms with E-state index in [9.17, 15) is 4.79 Å². The first-order valence-corrected chi connectivity index (χ1v) is 8.54. The number of hydrogen-bond acceptors (Lipinski definition) is 1. The smallest absolute Gasteiger partial charge is 0.255 e. The highest BCUT2D eigenvalue weighted by molar-refractivity contribution is 9.10. The molecular formula is C17H17Br2NO. The average molecular weight is 411 g/mol. The van der Waals surface area contributed by atoms with E-state index in [0.717, 1.165) is 21.1 Å². The van der Waals surface area contributed by atoms with Crippen LogP contribution in [0, 0.1) is 0 Å². The topological polar surface area (TPSA) is 29.1 Å². The van der Waals surface area contributed by atoms with Gasteiger partial charge in [0.25, 0.3) is 5.91 Å². The standard InChI is InChI=1S/C17H17Br2NO/c1-2-3-5-12-8-9-16(15(19)10-12)20-17(21)13-6-4-7-14(18)11-13/h4,6-11H,2-3,5H2,1H3,(H,20,21). The Hall–Kier alpha value is -1.13. The Bertz CT molecular complexity index is 640. The first-order valence-electron chi connectivity index (χ1n) is 6.95. The van der Waals surface area contributed by atoms with Crippen molar-refractivity contribution in [2.75, 3.05) is 5.32 Å². The quantitative estimate of drug-likeness (QED) is 0.662. The van der Waals surface area contributed by atoms with Gasteiger partial charge >= 0.3 is 0 Å². The van der Waals surface area contributed by atoms with Gasteiger partial charge in [-0.1, -0.05) is 41.4 Å². The van der Waals surface area contributed by atoms with E-state index in [2.05, 4.69) is 56.2 Å². The van der Waals surface area contributed by atoms with Gasteiger partial charge < -0.3 is 5.32 Å². The molecule has 1 amide bonds. The molecule has 0 aliphatic carbocycles. The fraction of sp³-hybridized carbons (Fsp3) is 0.235. The van der Waals surface area contributed by atoms with E-state index in [-0.39, 0.29) is 5.91 Å². The molecule has 0 fully saturated rings. The number of nitrogens with one attached hydrogen (secondary N) is 1. The predicted molar refractivity (Wildman–Crippen MR) is 94.8 cm³/mol. The fourth-order valence-electron chi connectivity index (χ4n) is 2.02. The summed E-state index contributed by atoms with van der Waals surface area (Å²) in [5.41, 5.74) is 2.70. The molecular weight excluding hydrogens is 394 g/mol. The molecule has 2 aromatic rings. The number of carbonyl (C=O) groups excluding carboxylic acids is 1. The lowest BCUT2D eigenvalue weighted by Gasteiger charge is -2.09. The maximum absolute atomic E-state index is 12.2. The number of anilines is 1. The Morgan fingerprint density at radius 1 is 1.14 bits per heavy atom. The summed E-state index contributed by atoms with van der Waals surface area (Å²) in [6.45, 7) is 2.18. The second kappa shape index (κ2) is 7.76. The van der Waals surface area contributed by atoms with Crippen LogP contribution in [0.25, 0.3) is 0 Å². The minimum atomic E-state index is -0.113. The maximum Gasteiger partial charge on any atom is 0.255 e. The number of halogens is 2. The van der Waals surface area contributed by atoms with Crippen molar-refractivity contribution in [3.63, 3.8) is 0 Å². The molecule has 21 heavy (non-hydrogen) atoms. The first kappa shape index (κ1) is 16.2. The maximum atomic E-state index is 12.2. The molecule has 0 atom stereocenters. The van der Waals surface area contributed by atoms with Crippen LogP contribution < -0.4 is 5.32 Å². The van der Waals surface area contributed by atoms with E-state index in [1.807, 2.05) is 18.2 Å². The zero-order valence-electron chi connectivity index (χ0n) is 11.8. The molecule has 0 aromatic heterocycles. The number of amides is 1. The molecule has 0 heterocycles. The number of benzene rings is 2. The van der Waals surface area contributed by atoms with E-state index in [0.29, 0.717) is 5.56 Å². The van der Waals surface area contributed by atoms with E-state index < -0.39 is 0 Å². The van der Waals surface area contributed by atoms with Gasteiger partial charge in [-0.15, -0.1) is 0 Å². The zero-order chi connectivity index (χ0) is 15.2. The molecule has 0 radical (unpaired) electrons. The molecule has 2 aromatic carbocycles. The highest BCUT2D eigenvalue weighted by atomic mass is 79.9. The monoisotopic (exact) mass is 409 g/mol. The normalized spacial score (nSPS) is 10.4. The van der Waals surface area contributed by atoms with Crippen LogP contribution in [-0.2, 0) is 6.42 Å². The lowest BCUT2D eigenvalue weighted by molar-refractivity contribution is 0.102. The third kappa shape index (κ3) is 4.68. The summed E-state index contributed by atoms with van der Waals surface area (Å²) >= 11 is 6.91. The molecule has 0 aliphatic rings. The van der Waals surface area contributed by atoms with Gasteiger partial charge in [0.1, 0.15) is 0 Å². The van der Waals surface area contributed by atoms with Gasteiger partial charge in [0, 0.05) is 14.5 Å². The molecule has 2 nitrogen and oxygen atoms in total. The number of rotatable bonds is 5. The molecule has 0 bridgehead atoms. The molecule has 4 heteroatoms. The lowest BCUT2D eigenvalue weighted by Crippen LogP contribution is -2.12. The molecule has 2 rings (SSSR count). The minimum absolute atomic E-state index is 0.113. The third-order valence-corrected chi connectivity index (χ3v) is 4.34. The van der Waals surface area contributed by atoms with Crippen molar-refractivity contribution in [1.29, 1.82) is 0 Å². The number of aryl methyl sites for hydroxylation is 1. The van der Waals surface area contributed by atoms with E-state index in [4.69, 9.17) is 0 Å². The Morgan fingerprint density at radius 3 is 2.62 bits per heavy atom. The van der Waals surface area contributed by atoms with E-state index >= 15 is 0 Å². The van der Waals surface area contributed by atoms with Crippen LogP contribution in [-0.4, -0.2) is 5.91 Å². The zero-order valence-corrected chi connectivity index (χ0v) is 15.0. The Morgan fingerprint density at radius 2 is 1.95 bits per heavy atom. The van der Waals surface area contributed by atoms with Gasteiger partial charge in [-0.3, -0.25) is 4.79 Å². The Kier molecular flexibility index (Phi) is 6.00. The molecule has 0 aliphatic heterocycles. The molecule has 1 N–H and O–H groups in total. The van der Waals surface area contributed by atoms with Crippen molar-refractivity contribution in [2.45, 2.75) is 26.2 Å². The summed E-state index contributed by atoms with van der Waals surface area (Å²) in [6, 6.07) is 13.4. The van der Waals surface area contributed by atoms with Crippen molar-refractivity contribution < 1.29 is 4.79 Å². The molecule has 0 spiro atoms. The van der Waals surface area contributed by atoms with Crippen LogP contribution in [0.4, 0.5) is 5.69 Å². The van der Waals surface area contributed by atoms with Crippen LogP contribution in [0.2, 0.25) is 0 Å². The van der Waals surface area contributed by atoms with Crippen molar-refractivity contribution in [2.24, 2.45) is 0 Å². The largest absolute Gasteiger partial charge is 0.321 e. The SMILES string of the molecule is CCCCc1ccc(NC(=O)c2cccc(Br)c2)c(Br)c1. The highest BCUT2D eigenvalue weighted by Crippen LogP contribution is 2.25. The van der Waals surface area contributed by atoms with Crippen LogP contribution in [0.3, 0.4) is 0 Å². The van der Waals surface area contributed by atoms with E-state index in [1.54, 1.807) is 12.1 Å². The van der Waals surface area contributed by atoms with E-state index in [1.165, 1.54) is 18.4 Å². The summed E-state index contributed by atoms with van der Waals surface area (Å²) in [5.74, 6) is -0.113. The Labute approximate surface area is 142 Å². The number of carbonyl (C=O) groups is 1. The van der Waals surface area contributed by atoms with Gasteiger partial charge in [-0.25, -0.2) is 0 Å². The average Bonchev–Trinajstić information content (AvgIpc) is 2.47. The lowest BCUT2D eigenvalue weighted by atomic mass is 10.1. The predicted octanol–water partition coefficient (Wildman–Crippen LogP) is 5.81.